The predicted octanol–water partition coefficient (Wildman–Crippen LogP) is 3.18. The predicted molar refractivity (Wildman–Crippen MR) is 89.4 cm³/mol. The number of hydrogen-bond acceptors (Lipinski definition) is 1. The Morgan fingerprint density at radius 2 is 1.70 bits per heavy atom. The number of benzene rings is 2. The number of hydrogen-bond donors (Lipinski definition) is 2. The average molecular weight is 317 g/mol. The molecule has 2 N–H and O–H groups in total. The Kier molecular flexibility index (Phi) is 6.09. The molecule has 0 aliphatic heterocycles. The topological polar surface area (TPSA) is 36.4 Å². The maximum Gasteiger partial charge on any atom is 0.191 e. The minimum atomic E-state index is -0.228. The summed E-state index contributed by atoms with van der Waals surface area (Å²) in [7, 11) is 1.70. The lowest BCUT2D eigenvalue weighted by molar-refractivity contribution is 0.617. The van der Waals surface area contributed by atoms with E-state index >= 15 is 0 Å². The van der Waals surface area contributed by atoms with Crippen LogP contribution < -0.4 is 10.6 Å². The van der Waals surface area contributed by atoms with Crippen LogP contribution in [0.3, 0.4) is 0 Å². The third-order valence-electron chi connectivity index (χ3n) is 3.53. The molecule has 0 radical (unpaired) electrons. The molecule has 0 saturated carbocycles. The van der Waals surface area contributed by atoms with Gasteiger partial charge in [-0.2, -0.15) is 0 Å². The van der Waals surface area contributed by atoms with Crippen LogP contribution in [0, 0.1) is 18.6 Å². The van der Waals surface area contributed by atoms with Crippen LogP contribution >= 0.6 is 0 Å². The van der Waals surface area contributed by atoms with Gasteiger partial charge in [-0.1, -0.05) is 24.3 Å². The summed E-state index contributed by atoms with van der Waals surface area (Å²) in [5.74, 6) is 0.249. The zero-order chi connectivity index (χ0) is 16.7. The van der Waals surface area contributed by atoms with Gasteiger partial charge in [0, 0.05) is 20.1 Å². The number of halogens is 2. The minimum absolute atomic E-state index is 0.199. The van der Waals surface area contributed by atoms with E-state index in [1.54, 1.807) is 32.2 Å². The fraction of sp³-hybridized carbons (Fsp3) is 0.278. The van der Waals surface area contributed by atoms with Gasteiger partial charge in [-0.25, -0.2) is 8.78 Å². The zero-order valence-electron chi connectivity index (χ0n) is 13.4. The summed E-state index contributed by atoms with van der Waals surface area (Å²) in [5.41, 5.74) is 2.68. The molecule has 2 rings (SSSR count). The van der Waals surface area contributed by atoms with E-state index in [4.69, 9.17) is 0 Å². The number of rotatable bonds is 5. The Labute approximate surface area is 135 Å². The zero-order valence-corrected chi connectivity index (χ0v) is 13.4. The van der Waals surface area contributed by atoms with Crippen molar-refractivity contribution in [2.24, 2.45) is 4.99 Å². The van der Waals surface area contributed by atoms with Crippen LogP contribution in [0.1, 0.15) is 16.7 Å². The lowest BCUT2D eigenvalue weighted by atomic mass is 10.1. The second kappa shape index (κ2) is 8.27. The van der Waals surface area contributed by atoms with Crippen molar-refractivity contribution in [1.29, 1.82) is 0 Å². The van der Waals surface area contributed by atoms with Crippen molar-refractivity contribution in [3.8, 4) is 0 Å². The molecule has 5 heteroatoms. The van der Waals surface area contributed by atoms with Crippen molar-refractivity contribution in [2.45, 2.75) is 19.9 Å². The molecule has 0 unspecified atom stereocenters. The first-order valence-corrected chi connectivity index (χ1v) is 7.52. The molecule has 23 heavy (non-hydrogen) atoms. The first kappa shape index (κ1) is 16.9. The van der Waals surface area contributed by atoms with Gasteiger partial charge in [0.05, 0.1) is 0 Å². The van der Waals surface area contributed by atoms with Crippen LogP contribution in [0.15, 0.2) is 47.5 Å². The summed E-state index contributed by atoms with van der Waals surface area (Å²) >= 11 is 0. The van der Waals surface area contributed by atoms with Crippen LogP contribution in [0.25, 0.3) is 0 Å². The van der Waals surface area contributed by atoms with Gasteiger partial charge in [0.15, 0.2) is 5.96 Å². The van der Waals surface area contributed by atoms with Crippen LogP contribution in [0.5, 0.6) is 0 Å². The molecule has 0 aliphatic carbocycles. The number of nitrogens with one attached hydrogen (secondary N) is 2. The number of guanidine groups is 1. The Morgan fingerprint density at radius 1 is 1.00 bits per heavy atom. The highest BCUT2D eigenvalue weighted by atomic mass is 19.1. The van der Waals surface area contributed by atoms with Crippen molar-refractivity contribution in [1.82, 2.24) is 10.6 Å². The molecule has 0 saturated heterocycles. The normalized spacial score (nSPS) is 11.4. The van der Waals surface area contributed by atoms with Crippen molar-refractivity contribution >= 4 is 5.96 Å². The monoisotopic (exact) mass is 317 g/mol. The van der Waals surface area contributed by atoms with Crippen molar-refractivity contribution in [3.63, 3.8) is 0 Å². The maximum absolute atomic E-state index is 13.2. The molecule has 0 aromatic heterocycles. The van der Waals surface area contributed by atoms with Crippen LogP contribution in [-0.2, 0) is 13.0 Å². The average Bonchev–Trinajstić information content (AvgIpc) is 2.55. The molecule has 0 spiro atoms. The van der Waals surface area contributed by atoms with E-state index in [2.05, 4.69) is 15.6 Å². The van der Waals surface area contributed by atoms with Gasteiger partial charge >= 0.3 is 0 Å². The molecule has 0 fully saturated rings. The van der Waals surface area contributed by atoms with E-state index in [1.165, 1.54) is 18.2 Å². The van der Waals surface area contributed by atoms with Gasteiger partial charge in [0.2, 0.25) is 0 Å². The maximum atomic E-state index is 13.2. The van der Waals surface area contributed by atoms with Gasteiger partial charge in [-0.15, -0.1) is 0 Å². The third kappa shape index (κ3) is 5.36. The smallest absolute Gasteiger partial charge is 0.191 e. The largest absolute Gasteiger partial charge is 0.356 e. The van der Waals surface area contributed by atoms with Crippen LogP contribution in [0.4, 0.5) is 8.78 Å². The van der Waals surface area contributed by atoms with Crippen molar-refractivity contribution in [3.05, 3.63) is 70.8 Å². The Hall–Kier alpha value is -2.43. The Bertz CT molecular complexity index is 666. The fourth-order valence-corrected chi connectivity index (χ4v) is 2.20. The molecular weight excluding hydrogens is 296 g/mol. The summed E-state index contributed by atoms with van der Waals surface area (Å²) in [5, 5.41) is 6.38. The Morgan fingerprint density at radius 3 is 2.35 bits per heavy atom. The third-order valence-corrected chi connectivity index (χ3v) is 3.53. The van der Waals surface area contributed by atoms with Gasteiger partial charge in [0.1, 0.15) is 11.6 Å². The van der Waals surface area contributed by atoms with E-state index in [9.17, 15) is 8.78 Å². The lowest BCUT2D eigenvalue weighted by Gasteiger charge is -2.12. The van der Waals surface area contributed by atoms with E-state index in [0.29, 0.717) is 24.6 Å². The van der Waals surface area contributed by atoms with Gasteiger partial charge in [0.25, 0.3) is 0 Å². The molecule has 2 aromatic carbocycles. The minimum Gasteiger partial charge on any atom is -0.356 e. The fourth-order valence-electron chi connectivity index (χ4n) is 2.20. The molecule has 0 bridgehead atoms. The SMILES string of the molecule is CN=C(NCCc1ccc(F)cc1)NCc1ccc(F)c(C)c1. The molecular formula is C18H21F2N3. The highest BCUT2D eigenvalue weighted by Crippen LogP contribution is 2.08. The standard InChI is InChI=1S/C18H21F2N3/c1-13-11-15(5-8-17(13)20)12-23-18(21-2)22-10-9-14-3-6-16(19)7-4-14/h3-8,11H,9-10,12H2,1-2H3,(H2,21,22,23). The summed E-state index contributed by atoms with van der Waals surface area (Å²) in [4.78, 5) is 4.15. The molecule has 0 heterocycles. The summed E-state index contributed by atoms with van der Waals surface area (Å²) in [6.45, 7) is 3.00. The molecule has 122 valence electrons. The van der Waals surface area contributed by atoms with Crippen LogP contribution in [0.2, 0.25) is 0 Å². The second-order valence-electron chi connectivity index (χ2n) is 5.31. The van der Waals surface area contributed by atoms with Gasteiger partial charge < -0.3 is 10.6 Å². The van der Waals surface area contributed by atoms with Crippen molar-refractivity contribution in [2.75, 3.05) is 13.6 Å². The van der Waals surface area contributed by atoms with E-state index in [1.807, 2.05) is 6.07 Å². The van der Waals surface area contributed by atoms with E-state index in [0.717, 1.165) is 17.5 Å². The second-order valence-corrected chi connectivity index (χ2v) is 5.31. The molecule has 3 nitrogen and oxygen atoms in total. The quantitative estimate of drug-likeness (QED) is 0.656. The molecule has 0 aliphatic rings. The first-order valence-electron chi connectivity index (χ1n) is 7.52. The van der Waals surface area contributed by atoms with E-state index < -0.39 is 0 Å². The Balaban J connectivity index is 1.79. The summed E-state index contributed by atoms with van der Waals surface area (Å²) < 4.78 is 26.1. The molecule has 0 amide bonds. The van der Waals surface area contributed by atoms with Gasteiger partial charge in [-0.3, -0.25) is 4.99 Å². The molecule has 0 atom stereocenters. The van der Waals surface area contributed by atoms with E-state index in [-0.39, 0.29) is 11.6 Å². The number of aryl methyl sites for hydroxylation is 1. The molecule has 2 aromatic rings. The van der Waals surface area contributed by atoms with Gasteiger partial charge in [-0.05, 0) is 48.2 Å². The number of aliphatic imine (C=N–C) groups is 1. The highest BCUT2D eigenvalue weighted by Gasteiger charge is 2.02. The number of nitrogens with zero attached hydrogens (tertiary/aromatic N) is 1. The summed E-state index contributed by atoms with van der Waals surface area (Å²) in [6, 6.07) is 11.5. The highest BCUT2D eigenvalue weighted by molar-refractivity contribution is 5.79. The summed E-state index contributed by atoms with van der Waals surface area (Å²) in [6.07, 6.45) is 0.774. The first-order chi connectivity index (χ1) is 11.1. The van der Waals surface area contributed by atoms with Crippen molar-refractivity contribution < 1.29 is 8.78 Å². The lowest BCUT2D eigenvalue weighted by Crippen LogP contribution is -2.37. The van der Waals surface area contributed by atoms with Crippen LogP contribution in [-0.4, -0.2) is 19.6 Å².